The molecule has 0 unspecified atom stereocenters. The van der Waals surface area contributed by atoms with Gasteiger partial charge in [0.05, 0.1) is 10.1 Å². The van der Waals surface area contributed by atoms with Crippen molar-refractivity contribution in [1.82, 2.24) is 0 Å². The van der Waals surface area contributed by atoms with Gasteiger partial charge in [-0.3, -0.25) is 0 Å². The molecule has 0 aromatic carbocycles. The minimum atomic E-state index is -1.17. The van der Waals surface area contributed by atoms with Crippen LogP contribution in [0, 0.1) is 11.8 Å². The van der Waals surface area contributed by atoms with Crippen LogP contribution in [0.15, 0.2) is 10.1 Å². The lowest BCUT2D eigenvalue weighted by Crippen LogP contribution is -2.59. The van der Waals surface area contributed by atoms with Crippen molar-refractivity contribution in [2.45, 2.75) is 48.6 Å². The third kappa shape index (κ3) is 1.42. The normalized spacial score (nSPS) is 45.3. The molecule has 0 aromatic heterocycles. The second-order valence-corrected chi connectivity index (χ2v) is 7.63. The molecule has 0 saturated heterocycles. The molecule has 2 fully saturated rings. The molecule has 2 nitrogen and oxygen atoms in total. The van der Waals surface area contributed by atoms with Crippen LogP contribution >= 0.6 is 46.4 Å². The van der Waals surface area contributed by atoms with Gasteiger partial charge in [0.1, 0.15) is 9.75 Å². The summed E-state index contributed by atoms with van der Waals surface area (Å²) in [5, 5.41) is 0.807. The summed E-state index contributed by atoms with van der Waals surface area (Å²) in [6.07, 6.45) is 3.04. The summed E-state index contributed by atoms with van der Waals surface area (Å²) in [5.74, 6) is -0.874. The number of hydrogen-bond donors (Lipinski definition) is 0. The zero-order chi connectivity index (χ0) is 14.8. The fourth-order valence-corrected chi connectivity index (χ4v) is 6.67. The molecule has 6 heteroatoms. The zero-order valence-corrected chi connectivity index (χ0v) is 14.5. The van der Waals surface area contributed by atoms with E-state index in [0.717, 1.165) is 19.3 Å². The summed E-state index contributed by atoms with van der Waals surface area (Å²) in [4.78, 5) is -1.94. The Morgan fingerprint density at radius 2 is 1.35 bits per heavy atom. The lowest BCUT2D eigenvalue weighted by Gasteiger charge is -2.43. The van der Waals surface area contributed by atoms with Crippen LogP contribution in [0.4, 0.5) is 0 Å². The van der Waals surface area contributed by atoms with Gasteiger partial charge in [-0.05, 0) is 38.5 Å². The fourth-order valence-electron chi connectivity index (χ4n) is 4.47. The minimum absolute atomic E-state index is 0.148. The summed E-state index contributed by atoms with van der Waals surface area (Å²) in [6.45, 7) is 4.68. The molecule has 2 bridgehead atoms. The number of alkyl halides is 2. The first-order chi connectivity index (χ1) is 9.41. The molecule has 0 aromatic rings. The number of fused-ring (bicyclic) bond motifs is 5. The molecule has 4 atom stereocenters. The maximum atomic E-state index is 7.00. The highest BCUT2D eigenvalue weighted by Crippen LogP contribution is 2.76. The molecule has 2 saturated carbocycles. The highest BCUT2D eigenvalue weighted by molar-refractivity contribution is 6.52. The molecule has 114 valence electrons. The molecule has 3 aliphatic rings. The van der Waals surface area contributed by atoms with E-state index in [9.17, 15) is 0 Å². The molecule has 3 aliphatic carbocycles. The number of rotatable bonds is 4. The number of hydrogen-bond acceptors (Lipinski definition) is 2. The van der Waals surface area contributed by atoms with E-state index in [0.29, 0.717) is 23.3 Å². The monoisotopic (exact) mass is 358 g/mol. The van der Waals surface area contributed by atoms with Gasteiger partial charge < -0.3 is 9.47 Å². The van der Waals surface area contributed by atoms with Gasteiger partial charge in [0, 0.05) is 13.2 Å². The predicted octanol–water partition coefficient (Wildman–Crippen LogP) is 4.84. The largest absolute Gasteiger partial charge is 0.346 e. The summed E-state index contributed by atoms with van der Waals surface area (Å²) in [5.41, 5.74) is 0. The lowest BCUT2D eigenvalue weighted by molar-refractivity contribution is -0.246. The summed E-state index contributed by atoms with van der Waals surface area (Å²) < 4.78 is 12.0. The maximum Gasteiger partial charge on any atom is 0.218 e. The second kappa shape index (κ2) is 4.91. The van der Waals surface area contributed by atoms with Gasteiger partial charge in [-0.15, -0.1) is 23.2 Å². The van der Waals surface area contributed by atoms with Gasteiger partial charge >= 0.3 is 0 Å². The van der Waals surface area contributed by atoms with Crippen molar-refractivity contribution in [2.24, 2.45) is 11.8 Å². The van der Waals surface area contributed by atoms with Crippen LogP contribution in [-0.2, 0) is 9.47 Å². The Balaban J connectivity index is 2.22. The third-order valence-corrected chi connectivity index (χ3v) is 7.72. The van der Waals surface area contributed by atoms with Crippen LogP contribution in [0.5, 0.6) is 0 Å². The lowest BCUT2D eigenvalue weighted by atomic mass is 9.85. The van der Waals surface area contributed by atoms with Gasteiger partial charge in [-0.1, -0.05) is 29.6 Å². The zero-order valence-electron chi connectivity index (χ0n) is 11.5. The molecular weight excluding hydrogens is 342 g/mol. The Kier molecular flexibility index (Phi) is 3.85. The van der Waals surface area contributed by atoms with E-state index in [1.165, 1.54) is 0 Å². The van der Waals surface area contributed by atoms with E-state index in [1.54, 1.807) is 0 Å². The van der Waals surface area contributed by atoms with Gasteiger partial charge in [-0.2, -0.15) is 0 Å². The summed E-state index contributed by atoms with van der Waals surface area (Å²) in [6, 6.07) is 0. The van der Waals surface area contributed by atoms with Gasteiger partial charge in [-0.25, -0.2) is 0 Å². The van der Waals surface area contributed by atoms with E-state index in [1.807, 2.05) is 13.8 Å². The quantitative estimate of drug-likeness (QED) is 0.528. The maximum absolute atomic E-state index is 7.00. The van der Waals surface area contributed by atoms with Gasteiger partial charge in [0.25, 0.3) is 0 Å². The first-order valence-electron chi connectivity index (χ1n) is 7.13. The molecule has 20 heavy (non-hydrogen) atoms. The molecule has 0 heterocycles. The fraction of sp³-hybridized carbons (Fsp3) is 0.857. The van der Waals surface area contributed by atoms with Crippen LogP contribution < -0.4 is 0 Å². The first kappa shape index (κ1) is 15.7. The second-order valence-electron chi connectivity index (χ2n) is 5.68. The van der Waals surface area contributed by atoms with Gasteiger partial charge in [0.2, 0.25) is 5.79 Å². The van der Waals surface area contributed by atoms with Crippen LogP contribution in [0.3, 0.4) is 0 Å². The molecule has 3 rings (SSSR count). The van der Waals surface area contributed by atoms with Crippen molar-refractivity contribution in [3.63, 3.8) is 0 Å². The number of halogens is 4. The number of ether oxygens (including phenoxy) is 2. The Morgan fingerprint density at radius 1 is 0.950 bits per heavy atom. The van der Waals surface area contributed by atoms with E-state index >= 15 is 0 Å². The van der Waals surface area contributed by atoms with Crippen molar-refractivity contribution >= 4 is 46.4 Å². The Bertz CT molecular complexity index is 426. The van der Waals surface area contributed by atoms with Crippen LogP contribution in [-0.4, -0.2) is 28.7 Å². The highest BCUT2D eigenvalue weighted by Gasteiger charge is 2.85. The van der Waals surface area contributed by atoms with Crippen LogP contribution in [0.2, 0.25) is 0 Å². The van der Waals surface area contributed by atoms with Crippen molar-refractivity contribution in [1.29, 1.82) is 0 Å². The Morgan fingerprint density at radius 3 is 1.70 bits per heavy atom. The average Bonchev–Trinajstić information content (AvgIpc) is 2.99. The molecular formula is C14H18Cl4O2. The molecule has 0 amide bonds. The van der Waals surface area contributed by atoms with Crippen molar-refractivity contribution in [3.8, 4) is 0 Å². The predicted molar refractivity (Wildman–Crippen MR) is 82.7 cm³/mol. The molecule has 0 spiro atoms. The molecule has 0 aliphatic heterocycles. The Hall–Kier alpha value is 0.820. The van der Waals surface area contributed by atoms with E-state index in [4.69, 9.17) is 55.9 Å². The Labute approximate surface area is 139 Å². The molecule has 0 radical (unpaired) electrons. The molecule has 0 N–H and O–H groups in total. The van der Waals surface area contributed by atoms with E-state index in [2.05, 4.69) is 0 Å². The average molecular weight is 360 g/mol. The van der Waals surface area contributed by atoms with Crippen molar-refractivity contribution in [3.05, 3.63) is 10.1 Å². The van der Waals surface area contributed by atoms with E-state index < -0.39 is 15.5 Å². The van der Waals surface area contributed by atoms with Crippen molar-refractivity contribution < 1.29 is 9.47 Å². The third-order valence-electron chi connectivity index (χ3n) is 5.02. The van der Waals surface area contributed by atoms with Crippen molar-refractivity contribution in [2.75, 3.05) is 13.2 Å². The first-order valence-corrected chi connectivity index (χ1v) is 8.64. The highest BCUT2D eigenvalue weighted by atomic mass is 35.5. The summed E-state index contributed by atoms with van der Waals surface area (Å²) >= 11 is 27.0. The summed E-state index contributed by atoms with van der Waals surface area (Å²) in [7, 11) is 0. The van der Waals surface area contributed by atoms with E-state index in [-0.39, 0.29) is 11.8 Å². The van der Waals surface area contributed by atoms with Crippen LogP contribution in [0.1, 0.15) is 33.1 Å². The standard InChI is InChI=1S/C14H18Cl4O2/c1-3-19-14(20-4-2)12(17)8-6-5-7-9(8)13(14,18)11(16)10(12)15/h8-9H,3-7H2,1-2H3/t8-,9+,12-,13-/m0/s1. The minimum Gasteiger partial charge on any atom is -0.346 e. The van der Waals surface area contributed by atoms with Gasteiger partial charge in [0.15, 0.2) is 0 Å². The smallest absolute Gasteiger partial charge is 0.218 e. The SMILES string of the molecule is CCOC1(OCC)[C@@]2(Cl)C(Cl)=C(Cl)[C@@]1(Cl)[C@H]1CCC[C@H]12. The topological polar surface area (TPSA) is 18.5 Å². The van der Waals surface area contributed by atoms with Crippen LogP contribution in [0.25, 0.3) is 0 Å².